The summed E-state index contributed by atoms with van der Waals surface area (Å²) in [7, 11) is 0. The molecule has 0 aliphatic heterocycles. The maximum atomic E-state index is 12.3. The van der Waals surface area contributed by atoms with Gasteiger partial charge in [0.05, 0.1) is 13.1 Å². The van der Waals surface area contributed by atoms with Crippen LogP contribution in [0.3, 0.4) is 0 Å². The minimum absolute atomic E-state index is 0.0252. The molecule has 0 saturated heterocycles. The number of benzene rings is 1. The van der Waals surface area contributed by atoms with Crippen LogP contribution in [-0.4, -0.2) is 35.8 Å². The van der Waals surface area contributed by atoms with Gasteiger partial charge in [0, 0.05) is 12.6 Å². The van der Waals surface area contributed by atoms with E-state index in [0.29, 0.717) is 12.6 Å². The predicted octanol–water partition coefficient (Wildman–Crippen LogP) is 0.869. The van der Waals surface area contributed by atoms with Crippen molar-refractivity contribution in [1.29, 1.82) is 0 Å². The highest BCUT2D eigenvalue weighted by molar-refractivity contribution is 5.85. The summed E-state index contributed by atoms with van der Waals surface area (Å²) in [6.45, 7) is 4.68. The topological polar surface area (TPSA) is 75.4 Å². The molecule has 0 aromatic heterocycles. The average Bonchev–Trinajstić information content (AvgIpc) is 3.30. The Bertz CT molecular complexity index is 538. The van der Waals surface area contributed by atoms with Gasteiger partial charge in [-0.2, -0.15) is 0 Å². The van der Waals surface area contributed by atoms with Crippen LogP contribution in [0.5, 0.6) is 0 Å². The van der Waals surface area contributed by atoms with E-state index in [4.69, 9.17) is 5.73 Å². The zero-order chi connectivity index (χ0) is 15.4. The van der Waals surface area contributed by atoms with E-state index in [1.807, 2.05) is 4.90 Å². The Morgan fingerprint density at radius 2 is 2.00 bits per heavy atom. The first-order valence-corrected chi connectivity index (χ1v) is 7.33. The molecule has 1 aromatic rings. The van der Waals surface area contributed by atoms with Crippen molar-refractivity contribution in [3.63, 3.8) is 0 Å². The van der Waals surface area contributed by atoms with Crippen LogP contribution in [0.25, 0.3) is 0 Å². The fourth-order valence-electron chi connectivity index (χ4n) is 2.25. The third kappa shape index (κ3) is 4.29. The molecule has 3 N–H and O–H groups in total. The van der Waals surface area contributed by atoms with E-state index < -0.39 is 0 Å². The SMILES string of the molecule is Cc1ccc(CN(C(=O)CNC(=O)CN)C2CC2)cc1C. The van der Waals surface area contributed by atoms with Gasteiger partial charge in [0.2, 0.25) is 11.8 Å². The number of hydrogen-bond acceptors (Lipinski definition) is 3. The van der Waals surface area contributed by atoms with E-state index in [-0.39, 0.29) is 24.9 Å². The Balaban J connectivity index is 2.00. The van der Waals surface area contributed by atoms with Gasteiger partial charge < -0.3 is 16.0 Å². The van der Waals surface area contributed by atoms with Gasteiger partial charge in [-0.25, -0.2) is 0 Å². The summed E-state index contributed by atoms with van der Waals surface area (Å²) in [6.07, 6.45) is 2.09. The Morgan fingerprint density at radius 1 is 1.29 bits per heavy atom. The van der Waals surface area contributed by atoms with Crippen LogP contribution < -0.4 is 11.1 Å². The molecular formula is C16H23N3O2. The molecule has 21 heavy (non-hydrogen) atoms. The van der Waals surface area contributed by atoms with Crippen molar-refractivity contribution in [2.45, 2.75) is 39.3 Å². The second kappa shape index (κ2) is 6.72. The number of carbonyl (C=O) groups excluding carboxylic acids is 2. The van der Waals surface area contributed by atoms with Crippen LogP contribution in [0.4, 0.5) is 0 Å². The summed E-state index contributed by atoms with van der Waals surface area (Å²) in [5.74, 6) is -0.345. The van der Waals surface area contributed by atoms with E-state index in [1.54, 1.807) is 0 Å². The van der Waals surface area contributed by atoms with Gasteiger partial charge in [-0.15, -0.1) is 0 Å². The Morgan fingerprint density at radius 3 is 2.57 bits per heavy atom. The number of amides is 2. The third-order valence-corrected chi connectivity index (χ3v) is 3.85. The normalized spacial score (nSPS) is 13.9. The highest BCUT2D eigenvalue weighted by atomic mass is 16.2. The minimum Gasteiger partial charge on any atom is -0.346 e. The molecule has 2 rings (SSSR count). The van der Waals surface area contributed by atoms with Crippen molar-refractivity contribution in [1.82, 2.24) is 10.2 Å². The van der Waals surface area contributed by atoms with Gasteiger partial charge in [0.1, 0.15) is 0 Å². The summed E-state index contributed by atoms with van der Waals surface area (Å²) in [6, 6.07) is 6.57. The first-order valence-electron chi connectivity index (χ1n) is 7.33. The molecule has 1 aliphatic rings. The van der Waals surface area contributed by atoms with Crippen LogP contribution in [0.2, 0.25) is 0 Å². The van der Waals surface area contributed by atoms with Crippen LogP contribution in [0.15, 0.2) is 18.2 Å². The maximum absolute atomic E-state index is 12.3. The van der Waals surface area contributed by atoms with Crippen molar-refractivity contribution in [2.75, 3.05) is 13.1 Å². The lowest BCUT2D eigenvalue weighted by Gasteiger charge is -2.23. The van der Waals surface area contributed by atoms with Gasteiger partial charge in [-0.3, -0.25) is 9.59 Å². The monoisotopic (exact) mass is 289 g/mol. The number of nitrogens with two attached hydrogens (primary N) is 1. The molecule has 0 bridgehead atoms. The van der Waals surface area contributed by atoms with Crippen molar-refractivity contribution in [3.8, 4) is 0 Å². The average molecular weight is 289 g/mol. The molecule has 1 saturated carbocycles. The molecule has 0 unspecified atom stereocenters. The number of carbonyl (C=O) groups is 2. The van der Waals surface area contributed by atoms with Gasteiger partial charge >= 0.3 is 0 Å². The molecule has 1 fully saturated rings. The molecule has 2 amide bonds. The van der Waals surface area contributed by atoms with Gasteiger partial charge in [0.15, 0.2) is 0 Å². The molecular weight excluding hydrogens is 266 g/mol. The quantitative estimate of drug-likeness (QED) is 0.816. The molecule has 0 heterocycles. The Labute approximate surface area is 125 Å². The number of nitrogens with zero attached hydrogens (tertiary/aromatic N) is 1. The molecule has 1 aliphatic carbocycles. The van der Waals surface area contributed by atoms with E-state index in [0.717, 1.165) is 18.4 Å². The standard InChI is InChI=1S/C16H23N3O2/c1-11-3-4-13(7-12(11)2)10-19(14-5-6-14)16(21)9-18-15(20)8-17/h3-4,7,14H,5-6,8-10,17H2,1-2H3,(H,18,20). The van der Waals surface area contributed by atoms with E-state index in [1.165, 1.54) is 11.1 Å². The fourth-order valence-corrected chi connectivity index (χ4v) is 2.25. The summed E-state index contributed by atoms with van der Waals surface area (Å²) >= 11 is 0. The summed E-state index contributed by atoms with van der Waals surface area (Å²) in [5.41, 5.74) is 8.83. The van der Waals surface area contributed by atoms with Gasteiger partial charge in [-0.1, -0.05) is 18.2 Å². The maximum Gasteiger partial charge on any atom is 0.242 e. The van der Waals surface area contributed by atoms with Gasteiger partial charge in [0.25, 0.3) is 0 Å². The second-order valence-electron chi connectivity index (χ2n) is 5.65. The first-order chi connectivity index (χ1) is 10.0. The molecule has 114 valence electrons. The van der Waals surface area contributed by atoms with Crippen molar-refractivity contribution in [2.24, 2.45) is 5.73 Å². The third-order valence-electron chi connectivity index (χ3n) is 3.85. The van der Waals surface area contributed by atoms with Crippen LogP contribution in [0, 0.1) is 13.8 Å². The van der Waals surface area contributed by atoms with Crippen molar-refractivity contribution in [3.05, 3.63) is 34.9 Å². The largest absolute Gasteiger partial charge is 0.346 e. The highest BCUT2D eigenvalue weighted by Gasteiger charge is 2.32. The summed E-state index contributed by atoms with van der Waals surface area (Å²) in [4.78, 5) is 25.3. The fraction of sp³-hybridized carbons (Fsp3) is 0.500. The summed E-state index contributed by atoms with van der Waals surface area (Å²) in [5, 5.41) is 2.55. The number of hydrogen-bond donors (Lipinski definition) is 2. The Hall–Kier alpha value is -1.88. The lowest BCUT2D eigenvalue weighted by molar-refractivity contribution is -0.133. The van der Waals surface area contributed by atoms with Crippen molar-refractivity contribution < 1.29 is 9.59 Å². The molecule has 5 nitrogen and oxygen atoms in total. The molecule has 0 radical (unpaired) electrons. The van der Waals surface area contributed by atoms with Gasteiger partial charge in [-0.05, 0) is 43.4 Å². The lowest BCUT2D eigenvalue weighted by Crippen LogP contribution is -2.42. The van der Waals surface area contributed by atoms with E-state index >= 15 is 0 Å². The summed E-state index contributed by atoms with van der Waals surface area (Å²) < 4.78 is 0. The van der Waals surface area contributed by atoms with Crippen LogP contribution >= 0.6 is 0 Å². The smallest absolute Gasteiger partial charge is 0.242 e. The van der Waals surface area contributed by atoms with Crippen LogP contribution in [-0.2, 0) is 16.1 Å². The number of rotatable bonds is 6. The van der Waals surface area contributed by atoms with Crippen LogP contribution in [0.1, 0.15) is 29.5 Å². The first kappa shape index (κ1) is 15.5. The molecule has 1 aromatic carbocycles. The van der Waals surface area contributed by atoms with E-state index in [2.05, 4.69) is 37.4 Å². The van der Waals surface area contributed by atoms with E-state index in [9.17, 15) is 9.59 Å². The predicted molar refractivity (Wildman–Crippen MR) is 81.6 cm³/mol. The number of nitrogens with one attached hydrogen (secondary N) is 1. The number of aryl methyl sites for hydroxylation is 2. The zero-order valence-corrected chi connectivity index (χ0v) is 12.7. The molecule has 0 atom stereocenters. The second-order valence-corrected chi connectivity index (χ2v) is 5.65. The molecule has 0 spiro atoms. The zero-order valence-electron chi connectivity index (χ0n) is 12.7. The minimum atomic E-state index is -0.301. The Kier molecular flexibility index (Phi) is 4.96. The highest BCUT2D eigenvalue weighted by Crippen LogP contribution is 2.28. The molecule has 5 heteroatoms. The van der Waals surface area contributed by atoms with Crippen molar-refractivity contribution >= 4 is 11.8 Å². The lowest BCUT2D eigenvalue weighted by atomic mass is 10.1.